The maximum Gasteiger partial charge on any atom is 0.255 e. The molecule has 38 heavy (non-hydrogen) atoms. The van der Waals surface area contributed by atoms with Crippen molar-refractivity contribution in [3.8, 4) is 28.8 Å². The largest absolute Gasteiger partial charge is 0.492 e. The minimum Gasteiger partial charge on any atom is -0.492 e. The SMILES string of the molecule is C=CC(=O)N1CCOC[C@H]1C#Cc1cnccc1-c1[nH]c2c(c1Nc1cccc(F)c1OC)C(=O)NCC2. The molecule has 5 rings (SSSR count). The van der Waals surface area contributed by atoms with Gasteiger partial charge in [0.2, 0.25) is 5.91 Å². The smallest absolute Gasteiger partial charge is 0.255 e. The number of H-pyrrole nitrogens is 1. The van der Waals surface area contributed by atoms with E-state index in [1.54, 1.807) is 35.5 Å². The Balaban J connectivity index is 1.60. The number of rotatable bonds is 5. The number of morpholine rings is 1. The van der Waals surface area contributed by atoms with Crippen molar-refractivity contribution in [2.24, 2.45) is 0 Å². The molecule has 2 aliphatic rings. The number of ether oxygens (including phenoxy) is 2. The first-order valence-electron chi connectivity index (χ1n) is 12.1. The minimum atomic E-state index is -0.531. The number of halogens is 1. The van der Waals surface area contributed by atoms with Crippen LogP contribution in [0.25, 0.3) is 11.3 Å². The Labute approximate surface area is 219 Å². The van der Waals surface area contributed by atoms with Gasteiger partial charge < -0.3 is 30.0 Å². The fourth-order valence-electron chi connectivity index (χ4n) is 4.63. The minimum absolute atomic E-state index is 0.0311. The first-order valence-corrected chi connectivity index (χ1v) is 12.1. The Morgan fingerprint density at radius 1 is 1.39 bits per heavy atom. The van der Waals surface area contributed by atoms with Gasteiger partial charge in [-0.25, -0.2) is 4.39 Å². The van der Waals surface area contributed by atoms with Gasteiger partial charge in [-0.1, -0.05) is 24.5 Å². The van der Waals surface area contributed by atoms with Crippen LogP contribution < -0.4 is 15.4 Å². The third-order valence-corrected chi connectivity index (χ3v) is 6.45. The molecule has 4 heterocycles. The Kier molecular flexibility index (Phi) is 7.11. The van der Waals surface area contributed by atoms with E-state index in [1.165, 1.54) is 19.3 Å². The monoisotopic (exact) mass is 515 g/mol. The first kappa shape index (κ1) is 25.0. The summed E-state index contributed by atoms with van der Waals surface area (Å²) in [5, 5.41) is 6.09. The van der Waals surface area contributed by atoms with Gasteiger partial charge >= 0.3 is 0 Å². The Morgan fingerprint density at radius 3 is 3.08 bits per heavy atom. The van der Waals surface area contributed by atoms with Crippen LogP contribution in [0.3, 0.4) is 0 Å². The van der Waals surface area contributed by atoms with Gasteiger partial charge in [0.1, 0.15) is 6.04 Å². The van der Waals surface area contributed by atoms with E-state index in [2.05, 4.69) is 39.0 Å². The predicted molar refractivity (Wildman–Crippen MR) is 140 cm³/mol. The number of hydrogen-bond acceptors (Lipinski definition) is 6. The van der Waals surface area contributed by atoms with Crippen molar-refractivity contribution in [3.63, 3.8) is 0 Å². The average Bonchev–Trinajstić information content (AvgIpc) is 3.31. The van der Waals surface area contributed by atoms with Crippen molar-refractivity contribution in [2.75, 3.05) is 38.7 Å². The highest BCUT2D eigenvalue weighted by Gasteiger charge is 2.29. The molecule has 9 nitrogen and oxygen atoms in total. The molecule has 2 amide bonds. The fraction of sp³-hybridized carbons (Fsp3) is 0.250. The summed E-state index contributed by atoms with van der Waals surface area (Å²) in [6.07, 6.45) is 5.12. The van der Waals surface area contributed by atoms with E-state index in [-0.39, 0.29) is 24.2 Å². The second kappa shape index (κ2) is 10.8. The van der Waals surface area contributed by atoms with E-state index in [0.717, 1.165) is 5.69 Å². The van der Waals surface area contributed by atoms with Gasteiger partial charge in [0.25, 0.3) is 5.91 Å². The van der Waals surface area contributed by atoms with E-state index in [1.807, 2.05) is 0 Å². The number of pyridine rings is 1. The highest BCUT2D eigenvalue weighted by Crippen LogP contribution is 2.40. The standard InChI is InChI=1S/C28H26FN5O4/c1-3-23(35)34-13-14-38-16-18(34)8-7-17-15-30-11-9-19(17)25-26(24-21(32-25)10-12-31-28(24)36)33-22-6-4-5-20(29)27(22)37-2/h3-6,9,11,15,18,32-33H,1,10,12-14,16H2,2H3,(H,31,36)/t18-/m1/s1. The van der Waals surface area contributed by atoms with E-state index < -0.39 is 11.9 Å². The lowest BCUT2D eigenvalue weighted by Crippen LogP contribution is -2.47. The normalized spacial score (nSPS) is 16.5. The molecule has 1 aromatic carbocycles. The van der Waals surface area contributed by atoms with Crippen LogP contribution in [0.5, 0.6) is 5.75 Å². The van der Waals surface area contributed by atoms with Crippen molar-refractivity contribution in [1.82, 2.24) is 20.2 Å². The van der Waals surface area contributed by atoms with Crippen LogP contribution in [0.15, 0.2) is 49.3 Å². The number of aromatic nitrogens is 2. The summed E-state index contributed by atoms with van der Waals surface area (Å²) in [6.45, 7) is 5.21. The molecule has 0 saturated carbocycles. The van der Waals surface area contributed by atoms with Crippen LogP contribution in [0.4, 0.5) is 15.8 Å². The highest BCUT2D eigenvalue weighted by atomic mass is 19.1. The van der Waals surface area contributed by atoms with Crippen LogP contribution in [0, 0.1) is 17.7 Å². The van der Waals surface area contributed by atoms with Crippen molar-refractivity contribution in [1.29, 1.82) is 0 Å². The second-order valence-corrected chi connectivity index (χ2v) is 8.70. The van der Waals surface area contributed by atoms with E-state index in [0.29, 0.717) is 59.9 Å². The number of benzene rings is 1. The Bertz CT molecular complexity index is 1470. The summed E-state index contributed by atoms with van der Waals surface area (Å²) in [4.78, 5) is 34.5. The van der Waals surface area contributed by atoms with Crippen molar-refractivity contribution >= 4 is 23.2 Å². The van der Waals surface area contributed by atoms with Gasteiger partial charge in [0.15, 0.2) is 11.6 Å². The molecule has 194 valence electrons. The number of carbonyl (C=O) groups excluding carboxylic acids is 2. The first-order chi connectivity index (χ1) is 18.5. The molecule has 3 N–H and O–H groups in total. The molecule has 0 unspecified atom stereocenters. The number of carbonyl (C=O) groups is 2. The summed E-state index contributed by atoms with van der Waals surface area (Å²) >= 11 is 0. The molecule has 1 saturated heterocycles. The molecule has 3 aromatic rings. The molecule has 0 aliphatic carbocycles. The van der Waals surface area contributed by atoms with Crippen LogP contribution in [0.2, 0.25) is 0 Å². The van der Waals surface area contributed by atoms with E-state index >= 15 is 0 Å². The lowest BCUT2D eigenvalue weighted by molar-refractivity contribution is -0.132. The van der Waals surface area contributed by atoms with Crippen molar-refractivity contribution < 1.29 is 23.5 Å². The number of para-hydroxylation sites is 1. The summed E-state index contributed by atoms with van der Waals surface area (Å²) in [7, 11) is 1.38. The number of nitrogens with zero attached hydrogens (tertiary/aromatic N) is 2. The van der Waals surface area contributed by atoms with Crippen LogP contribution in [0.1, 0.15) is 21.6 Å². The van der Waals surface area contributed by atoms with Gasteiger partial charge in [0, 0.05) is 43.2 Å². The third-order valence-electron chi connectivity index (χ3n) is 6.45. The maximum atomic E-state index is 14.5. The molecular formula is C28H26FN5O4. The van der Waals surface area contributed by atoms with Gasteiger partial charge in [0.05, 0.1) is 48.5 Å². The molecule has 0 spiro atoms. The Hall–Kier alpha value is -4.62. The summed E-state index contributed by atoms with van der Waals surface area (Å²) < 4.78 is 25.3. The molecule has 2 aliphatic heterocycles. The topological polar surface area (TPSA) is 109 Å². The Morgan fingerprint density at radius 2 is 2.26 bits per heavy atom. The van der Waals surface area contributed by atoms with E-state index in [9.17, 15) is 14.0 Å². The summed E-state index contributed by atoms with van der Waals surface area (Å²) in [5.74, 6) is 5.33. The second-order valence-electron chi connectivity index (χ2n) is 8.70. The number of aromatic amines is 1. The average molecular weight is 516 g/mol. The zero-order chi connectivity index (χ0) is 26.6. The van der Waals surface area contributed by atoms with Gasteiger partial charge in [-0.2, -0.15) is 0 Å². The van der Waals surface area contributed by atoms with Gasteiger partial charge in [-0.05, 0) is 24.3 Å². The van der Waals surface area contributed by atoms with Gasteiger partial charge in [-0.3, -0.25) is 14.6 Å². The third kappa shape index (κ3) is 4.71. The number of anilines is 2. The maximum absolute atomic E-state index is 14.5. The number of hydrogen-bond donors (Lipinski definition) is 3. The van der Waals surface area contributed by atoms with Crippen LogP contribution in [-0.2, 0) is 16.0 Å². The zero-order valence-corrected chi connectivity index (χ0v) is 20.8. The zero-order valence-electron chi connectivity index (χ0n) is 20.8. The molecule has 0 radical (unpaired) electrons. The molecule has 1 fully saturated rings. The van der Waals surface area contributed by atoms with Crippen molar-refractivity contribution in [3.05, 3.63) is 72.0 Å². The van der Waals surface area contributed by atoms with E-state index in [4.69, 9.17) is 9.47 Å². The lowest BCUT2D eigenvalue weighted by Gasteiger charge is -2.31. The molecule has 1 atom stereocenters. The van der Waals surface area contributed by atoms with Crippen molar-refractivity contribution in [2.45, 2.75) is 12.5 Å². The molecular weight excluding hydrogens is 489 g/mol. The fourth-order valence-corrected chi connectivity index (χ4v) is 4.63. The van der Waals surface area contributed by atoms with Crippen LogP contribution in [-0.4, -0.2) is 66.1 Å². The number of fused-ring (bicyclic) bond motifs is 1. The number of amides is 2. The summed E-state index contributed by atoms with van der Waals surface area (Å²) in [6, 6.07) is 5.88. The molecule has 0 bridgehead atoms. The quantitative estimate of drug-likeness (QED) is 0.356. The molecule has 2 aromatic heterocycles. The van der Waals surface area contributed by atoms with Crippen LogP contribution >= 0.6 is 0 Å². The highest BCUT2D eigenvalue weighted by molar-refractivity contribution is 6.06. The molecule has 10 heteroatoms. The van der Waals surface area contributed by atoms with Gasteiger partial charge in [-0.15, -0.1) is 0 Å². The number of nitrogens with one attached hydrogen (secondary N) is 3. The predicted octanol–water partition coefficient (Wildman–Crippen LogP) is 3.02. The number of methoxy groups -OCH3 is 1. The summed E-state index contributed by atoms with van der Waals surface area (Å²) in [5.41, 5.74) is 3.90. The lowest BCUT2D eigenvalue weighted by atomic mass is 10.0.